The van der Waals surface area contributed by atoms with Crippen LogP contribution >= 0.6 is 0 Å². The number of nitrogens with zero attached hydrogens (tertiary/aromatic N) is 3. The zero-order chi connectivity index (χ0) is 19.5. The molecule has 0 aliphatic heterocycles. The smallest absolute Gasteiger partial charge is 0.276 e. The Morgan fingerprint density at radius 3 is 2.42 bits per heavy atom. The summed E-state index contributed by atoms with van der Waals surface area (Å²) >= 11 is 0. The molecule has 0 radical (unpaired) electrons. The molecular weight excluding hydrogens is 368 g/mol. The molecule has 0 aliphatic rings. The van der Waals surface area contributed by atoms with E-state index in [0.717, 1.165) is 30.5 Å². The lowest BCUT2D eigenvalue weighted by Gasteiger charge is -2.05. The second-order valence-corrected chi connectivity index (χ2v) is 6.72. The van der Waals surface area contributed by atoms with E-state index in [0.29, 0.717) is 5.56 Å². The van der Waals surface area contributed by atoms with Crippen molar-refractivity contribution in [2.75, 3.05) is 0 Å². The average Bonchev–Trinajstić information content (AvgIpc) is 2.56. The van der Waals surface area contributed by atoms with Crippen LogP contribution in [0.4, 0.5) is 11.4 Å². The van der Waals surface area contributed by atoms with Gasteiger partial charge >= 0.3 is 0 Å². The SMILES string of the molecule is Cc1ccc(S(=O)(=O)N/N=C/c2cc([N+](=O)[O-])ccc2O)cc1[N+](=O)[O-]. The number of hydrogen-bond donors (Lipinski definition) is 2. The van der Waals surface area contributed by atoms with Crippen LogP contribution in [0, 0.1) is 27.2 Å². The van der Waals surface area contributed by atoms with Crippen molar-refractivity contribution in [3.63, 3.8) is 0 Å². The van der Waals surface area contributed by atoms with E-state index in [1.54, 1.807) is 0 Å². The van der Waals surface area contributed by atoms with Gasteiger partial charge in [0.1, 0.15) is 5.75 Å². The summed E-state index contributed by atoms with van der Waals surface area (Å²) in [6.07, 6.45) is 0.877. The predicted molar refractivity (Wildman–Crippen MR) is 90.5 cm³/mol. The molecule has 26 heavy (non-hydrogen) atoms. The highest BCUT2D eigenvalue weighted by Crippen LogP contribution is 2.23. The van der Waals surface area contributed by atoms with Crippen molar-refractivity contribution in [2.24, 2.45) is 5.10 Å². The van der Waals surface area contributed by atoms with Gasteiger partial charge in [0.15, 0.2) is 0 Å². The van der Waals surface area contributed by atoms with Crippen molar-refractivity contribution in [1.29, 1.82) is 0 Å². The van der Waals surface area contributed by atoms with E-state index in [2.05, 4.69) is 5.10 Å². The molecule has 0 saturated heterocycles. The van der Waals surface area contributed by atoms with Crippen molar-refractivity contribution in [1.82, 2.24) is 4.83 Å². The van der Waals surface area contributed by atoms with Crippen molar-refractivity contribution >= 4 is 27.6 Å². The molecule has 0 aliphatic carbocycles. The fourth-order valence-corrected chi connectivity index (χ4v) is 2.74. The van der Waals surface area contributed by atoms with Crippen LogP contribution in [0.1, 0.15) is 11.1 Å². The number of nitro groups is 2. The number of aryl methyl sites for hydroxylation is 1. The molecule has 2 aromatic carbocycles. The molecule has 0 spiro atoms. The number of hydrazone groups is 1. The van der Waals surface area contributed by atoms with Crippen LogP contribution in [0.3, 0.4) is 0 Å². The number of nitrogens with one attached hydrogen (secondary N) is 1. The van der Waals surface area contributed by atoms with E-state index < -0.39 is 19.9 Å². The number of nitro benzene ring substituents is 2. The molecule has 11 nitrogen and oxygen atoms in total. The van der Waals surface area contributed by atoms with Gasteiger partial charge in [0.05, 0.1) is 21.0 Å². The third-order valence-electron chi connectivity index (χ3n) is 3.29. The normalized spacial score (nSPS) is 11.4. The molecule has 2 N–H and O–H groups in total. The van der Waals surface area contributed by atoms with Crippen LogP contribution in [0.2, 0.25) is 0 Å². The van der Waals surface area contributed by atoms with Crippen LogP contribution in [-0.2, 0) is 10.0 Å². The molecule has 0 atom stereocenters. The van der Waals surface area contributed by atoms with Crippen molar-refractivity contribution in [3.05, 3.63) is 67.8 Å². The Bertz CT molecular complexity index is 1020. The summed E-state index contributed by atoms with van der Waals surface area (Å²) in [6, 6.07) is 6.48. The summed E-state index contributed by atoms with van der Waals surface area (Å²) < 4.78 is 24.3. The lowest BCUT2D eigenvalue weighted by molar-refractivity contribution is -0.385. The highest BCUT2D eigenvalue weighted by molar-refractivity contribution is 7.89. The number of non-ortho nitro benzene ring substituents is 1. The Balaban J connectivity index is 2.27. The Morgan fingerprint density at radius 2 is 1.81 bits per heavy atom. The summed E-state index contributed by atoms with van der Waals surface area (Å²) in [7, 11) is -4.21. The zero-order valence-electron chi connectivity index (χ0n) is 13.2. The first-order valence-corrected chi connectivity index (χ1v) is 8.37. The highest BCUT2D eigenvalue weighted by Gasteiger charge is 2.19. The maximum Gasteiger partial charge on any atom is 0.276 e. The molecule has 0 bridgehead atoms. The second-order valence-electron chi connectivity index (χ2n) is 5.06. The molecule has 0 fully saturated rings. The topological polar surface area (TPSA) is 165 Å². The molecular formula is C14H12N4O7S. The highest BCUT2D eigenvalue weighted by atomic mass is 32.2. The Kier molecular flexibility index (Phi) is 5.16. The van der Waals surface area contributed by atoms with Crippen LogP contribution in [0.5, 0.6) is 5.75 Å². The lowest BCUT2D eigenvalue weighted by atomic mass is 10.2. The first kappa shape index (κ1) is 18.8. The minimum absolute atomic E-state index is 0.0863. The van der Waals surface area contributed by atoms with E-state index in [9.17, 15) is 33.8 Å². The second kappa shape index (κ2) is 7.14. The molecule has 12 heteroatoms. The molecule has 0 heterocycles. The van der Waals surface area contributed by atoms with Crippen LogP contribution in [0.15, 0.2) is 46.4 Å². The third kappa shape index (κ3) is 4.10. The summed E-state index contributed by atoms with van der Waals surface area (Å²) in [4.78, 5) is 21.7. The minimum Gasteiger partial charge on any atom is -0.507 e. The number of phenolic OH excluding ortho intramolecular Hbond substituents is 1. The number of phenols is 1. The van der Waals surface area contributed by atoms with E-state index in [4.69, 9.17) is 0 Å². The molecule has 0 unspecified atom stereocenters. The van der Waals surface area contributed by atoms with E-state index in [-0.39, 0.29) is 27.6 Å². The van der Waals surface area contributed by atoms with Gasteiger partial charge in [-0.2, -0.15) is 13.5 Å². The summed E-state index contributed by atoms with van der Waals surface area (Å²) in [6.45, 7) is 1.46. The van der Waals surface area contributed by atoms with Crippen molar-refractivity contribution in [3.8, 4) is 5.75 Å². The number of sulfonamides is 1. The van der Waals surface area contributed by atoms with Gasteiger partial charge in [0.2, 0.25) is 0 Å². The molecule has 2 aromatic rings. The average molecular weight is 380 g/mol. The Hall–Kier alpha value is -3.54. The van der Waals surface area contributed by atoms with E-state index in [1.807, 2.05) is 4.83 Å². The van der Waals surface area contributed by atoms with Gasteiger partial charge in [-0.3, -0.25) is 20.2 Å². The standard InChI is InChI=1S/C14H12N4O7S/c1-9-2-4-12(7-13(9)18(22)23)26(24,25)16-15-8-10-6-11(17(20)21)3-5-14(10)19/h2-8,16,19H,1H3/b15-8+. The fourth-order valence-electron chi connectivity index (χ4n) is 1.93. The lowest BCUT2D eigenvalue weighted by Crippen LogP contribution is -2.18. The minimum atomic E-state index is -4.21. The first-order chi connectivity index (χ1) is 12.1. The van der Waals surface area contributed by atoms with E-state index in [1.165, 1.54) is 19.1 Å². The van der Waals surface area contributed by atoms with Crippen molar-refractivity contribution < 1.29 is 23.4 Å². The van der Waals surface area contributed by atoms with Crippen LogP contribution in [0.25, 0.3) is 0 Å². The van der Waals surface area contributed by atoms with Gasteiger partial charge in [0, 0.05) is 29.3 Å². The first-order valence-electron chi connectivity index (χ1n) is 6.89. The van der Waals surface area contributed by atoms with Crippen LogP contribution in [-0.4, -0.2) is 29.6 Å². The zero-order valence-corrected chi connectivity index (χ0v) is 14.0. The molecule has 136 valence electrons. The Labute approximate surface area is 146 Å². The maximum absolute atomic E-state index is 12.2. The predicted octanol–water partition coefficient (Wildman–Crippen LogP) is 1.83. The number of aromatic hydroxyl groups is 1. The van der Waals surface area contributed by atoms with Crippen LogP contribution < -0.4 is 4.83 Å². The summed E-state index contributed by atoms with van der Waals surface area (Å²) in [5.41, 5.74) is -0.481. The number of rotatable bonds is 6. The van der Waals surface area contributed by atoms with Gasteiger partial charge in [-0.15, -0.1) is 0 Å². The van der Waals surface area contributed by atoms with Gasteiger partial charge in [-0.05, 0) is 19.1 Å². The van der Waals surface area contributed by atoms with Gasteiger partial charge in [-0.1, -0.05) is 6.07 Å². The monoisotopic (exact) mass is 380 g/mol. The van der Waals surface area contributed by atoms with Crippen molar-refractivity contribution in [2.45, 2.75) is 11.8 Å². The Morgan fingerprint density at radius 1 is 1.12 bits per heavy atom. The molecule has 0 aromatic heterocycles. The summed E-state index contributed by atoms with van der Waals surface area (Å²) in [5, 5.41) is 34.7. The maximum atomic E-state index is 12.2. The molecule has 0 amide bonds. The third-order valence-corrected chi connectivity index (χ3v) is 4.51. The molecule has 2 rings (SSSR count). The van der Waals surface area contributed by atoms with E-state index >= 15 is 0 Å². The molecule has 0 saturated carbocycles. The van der Waals surface area contributed by atoms with Gasteiger partial charge < -0.3 is 5.11 Å². The largest absolute Gasteiger partial charge is 0.507 e. The number of hydrogen-bond acceptors (Lipinski definition) is 8. The number of benzene rings is 2. The van der Waals surface area contributed by atoms with Gasteiger partial charge in [-0.25, -0.2) is 4.83 Å². The fraction of sp³-hybridized carbons (Fsp3) is 0.0714. The van der Waals surface area contributed by atoms with Gasteiger partial charge in [0.25, 0.3) is 21.4 Å². The quantitative estimate of drug-likeness (QED) is 0.438. The summed E-state index contributed by atoms with van der Waals surface area (Å²) in [5.74, 6) is -0.343.